The van der Waals surface area contributed by atoms with Gasteiger partial charge in [-0.1, -0.05) is 12.1 Å². The highest BCUT2D eigenvalue weighted by atomic mass is 16.5. The number of nitrogens with zero attached hydrogens (tertiary/aromatic N) is 3. The number of aromatic nitrogens is 2. The van der Waals surface area contributed by atoms with E-state index in [2.05, 4.69) is 20.4 Å². The van der Waals surface area contributed by atoms with E-state index in [0.29, 0.717) is 6.54 Å². The van der Waals surface area contributed by atoms with Crippen LogP contribution in [0.4, 0.5) is 5.82 Å². The quantitative estimate of drug-likeness (QED) is 0.906. The monoisotopic (exact) mass is 340 g/mol. The van der Waals surface area contributed by atoms with Crippen LogP contribution in [0.25, 0.3) is 11.3 Å². The number of anilines is 1. The molecule has 1 aliphatic rings. The molecule has 2 aromatic rings. The average Bonchev–Trinajstić information content (AvgIpc) is 2.68. The lowest BCUT2D eigenvalue weighted by Crippen LogP contribution is -2.40. The summed E-state index contributed by atoms with van der Waals surface area (Å²) in [6.45, 7) is 4.29. The van der Waals surface area contributed by atoms with Crippen molar-refractivity contribution in [1.82, 2.24) is 15.5 Å². The van der Waals surface area contributed by atoms with E-state index in [9.17, 15) is 4.79 Å². The molecule has 1 fully saturated rings. The summed E-state index contributed by atoms with van der Waals surface area (Å²) in [6, 6.07) is 11.7. The number of piperidine rings is 1. The predicted octanol–water partition coefficient (Wildman–Crippen LogP) is 2.50. The zero-order valence-electron chi connectivity index (χ0n) is 14.7. The van der Waals surface area contributed by atoms with E-state index in [1.54, 1.807) is 7.11 Å². The van der Waals surface area contributed by atoms with Gasteiger partial charge in [-0.2, -0.15) is 0 Å². The van der Waals surface area contributed by atoms with Gasteiger partial charge in [-0.05, 0) is 44.0 Å². The van der Waals surface area contributed by atoms with Gasteiger partial charge in [-0.3, -0.25) is 4.79 Å². The summed E-state index contributed by atoms with van der Waals surface area (Å²) in [5.74, 6) is 1.91. The molecule has 0 bridgehead atoms. The van der Waals surface area contributed by atoms with E-state index >= 15 is 0 Å². The molecular formula is C19H24N4O2. The normalized spacial score (nSPS) is 15.0. The molecule has 0 aliphatic carbocycles. The van der Waals surface area contributed by atoms with Gasteiger partial charge in [-0.25, -0.2) is 0 Å². The first-order valence-electron chi connectivity index (χ1n) is 8.72. The molecule has 1 saturated heterocycles. The number of hydrogen-bond donors (Lipinski definition) is 1. The van der Waals surface area contributed by atoms with Crippen molar-refractivity contribution in [3.8, 4) is 17.0 Å². The molecule has 132 valence electrons. The third-order valence-electron chi connectivity index (χ3n) is 4.57. The van der Waals surface area contributed by atoms with E-state index in [1.165, 1.54) is 0 Å². The maximum absolute atomic E-state index is 11.9. The van der Waals surface area contributed by atoms with E-state index in [-0.39, 0.29) is 11.8 Å². The van der Waals surface area contributed by atoms with Gasteiger partial charge in [0.1, 0.15) is 5.75 Å². The number of carbonyl (C=O) groups is 1. The van der Waals surface area contributed by atoms with Crippen LogP contribution >= 0.6 is 0 Å². The number of benzene rings is 1. The molecule has 0 saturated carbocycles. The molecule has 0 atom stereocenters. The molecule has 6 nitrogen and oxygen atoms in total. The van der Waals surface area contributed by atoms with Crippen LogP contribution in [0.1, 0.15) is 19.8 Å². The number of hydrogen-bond acceptors (Lipinski definition) is 5. The van der Waals surface area contributed by atoms with Gasteiger partial charge < -0.3 is 15.0 Å². The van der Waals surface area contributed by atoms with Gasteiger partial charge >= 0.3 is 0 Å². The van der Waals surface area contributed by atoms with E-state index in [0.717, 1.165) is 48.8 Å². The van der Waals surface area contributed by atoms with E-state index in [4.69, 9.17) is 4.74 Å². The number of amides is 1. The first-order valence-corrected chi connectivity index (χ1v) is 8.72. The van der Waals surface area contributed by atoms with Gasteiger partial charge in [0, 0.05) is 31.1 Å². The molecule has 2 heterocycles. The minimum Gasteiger partial charge on any atom is -0.496 e. The number of methoxy groups -OCH3 is 1. The summed E-state index contributed by atoms with van der Waals surface area (Å²) >= 11 is 0. The van der Waals surface area contributed by atoms with Gasteiger partial charge in [0.05, 0.1) is 12.8 Å². The Kier molecular flexibility index (Phi) is 5.48. The van der Waals surface area contributed by atoms with Crippen LogP contribution in [0.15, 0.2) is 36.4 Å². The van der Waals surface area contributed by atoms with E-state index in [1.807, 2.05) is 43.3 Å². The summed E-state index contributed by atoms with van der Waals surface area (Å²) in [5.41, 5.74) is 1.72. The zero-order valence-corrected chi connectivity index (χ0v) is 14.7. The summed E-state index contributed by atoms with van der Waals surface area (Å²) in [7, 11) is 1.65. The van der Waals surface area contributed by atoms with Crippen molar-refractivity contribution in [2.24, 2.45) is 5.92 Å². The molecule has 0 spiro atoms. The second-order valence-electron chi connectivity index (χ2n) is 6.13. The lowest BCUT2D eigenvalue weighted by molar-refractivity contribution is -0.125. The van der Waals surface area contributed by atoms with Gasteiger partial charge in [0.2, 0.25) is 5.91 Å². The molecule has 1 aromatic heterocycles. The Morgan fingerprint density at radius 2 is 1.96 bits per heavy atom. The van der Waals surface area contributed by atoms with E-state index < -0.39 is 0 Å². The molecule has 0 radical (unpaired) electrons. The SMILES string of the molecule is CCNC(=O)C1CCN(c2ccc(-c3ccccc3OC)nn2)CC1. The highest BCUT2D eigenvalue weighted by Crippen LogP contribution is 2.29. The van der Waals surface area contributed by atoms with Crippen LogP contribution in [0.5, 0.6) is 5.75 Å². The third kappa shape index (κ3) is 3.90. The van der Waals surface area contributed by atoms with Gasteiger partial charge in [0.25, 0.3) is 0 Å². The fourth-order valence-corrected chi connectivity index (χ4v) is 3.18. The summed E-state index contributed by atoms with van der Waals surface area (Å²) in [6.07, 6.45) is 1.70. The second-order valence-corrected chi connectivity index (χ2v) is 6.13. The number of carbonyl (C=O) groups excluding carboxylic acids is 1. The molecule has 25 heavy (non-hydrogen) atoms. The van der Waals surface area contributed by atoms with Crippen molar-refractivity contribution in [2.75, 3.05) is 31.6 Å². The van der Waals surface area contributed by atoms with Crippen LogP contribution in [0.2, 0.25) is 0 Å². The molecule has 1 N–H and O–H groups in total. The Bertz CT molecular complexity index is 710. The van der Waals surface area contributed by atoms with Crippen LogP contribution in [-0.2, 0) is 4.79 Å². The number of para-hydroxylation sites is 1. The van der Waals surface area contributed by atoms with Crippen molar-refractivity contribution >= 4 is 11.7 Å². The smallest absolute Gasteiger partial charge is 0.223 e. The summed E-state index contributed by atoms with van der Waals surface area (Å²) in [4.78, 5) is 14.1. The molecule has 3 rings (SSSR count). The van der Waals surface area contributed by atoms with Crippen LogP contribution in [0, 0.1) is 5.92 Å². The highest BCUT2D eigenvalue weighted by molar-refractivity contribution is 5.78. The standard InChI is InChI=1S/C19H24N4O2/c1-3-20-19(24)14-10-12-23(13-11-14)18-9-8-16(21-22-18)15-6-4-5-7-17(15)25-2/h4-9,14H,3,10-13H2,1-2H3,(H,20,24). The minimum absolute atomic E-state index is 0.108. The van der Waals surface area contributed by atoms with Crippen LogP contribution in [0.3, 0.4) is 0 Å². The van der Waals surface area contributed by atoms with Crippen LogP contribution < -0.4 is 15.0 Å². The van der Waals surface area contributed by atoms with Gasteiger partial charge in [0.15, 0.2) is 5.82 Å². The first-order chi connectivity index (χ1) is 12.2. The molecular weight excluding hydrogens is 316 g/mol. The largest absolute Gasteiger partial charge is 0.496 e. The Labute approximate surface area is 148 Å². The molecule has 1 aromatic carbocycles. The van der Waals surface area contributed by atoms with Crippen molar-refractivity contribution < 1.29 is 9.53 Å². The molecule has 1 amide bonds. The van der Waals surface area contributed by atoms with Gasteiger partial charge in [-0.15, -0.1) is 10.2 Å². The predicted molar refractivity (Wildman–Crippen MR) is 97.6 cm³/mol. The maximum atomic E-state index is 11.9. The average molecular weight is 340 g/mol. The maximum Gasteiger partial charge on any atom is 0.223 e. The van der Waals surface area contributed by atoms with Crippen molar-refractivity contribution in [2.45, 2.75) is 19.8 Å². The van der Waals surface area contributed by atoms with Crippen molar-refractivity contribution in [3.05, 3.63) is 36.4 Å². The molecule has 6 heteroatoms. The number of rotatable bonds is 5. The summed E-state index contributed by atoms with van der Waals surface area (Å²) in [5, 5.41) is 11.7. The topological polar surface area (TPSA) is 67.4 Å². The Hall–Kier alpha value is -2.63. The fourth-order valence-electron chi connectivity index (χ4n) is 3.18. The van der Waals surface area contributed by atoms with Crippen LogP contribution in [-0.4, -0.2) is 42.8 Å². The highest BCUT2D eigenvalue weighted by Gasteiger charge is 2.25. The second kappa shape index (κ2) is 7.96. The molecule has 1 aliphatic heterocycles. The Balaban J connectivity index is 1.67. The Morgan fingerprint density at radius 3 is 2.60 bits per heavy atom. The lowest BCUT2D eigenvalue weighted by Gasteiger charge is -2.31. The minimum atomic E-state index is 0.108. The number of nitrogens with one attached hydrogen (secondary N) is 1. The van der Waals surface area contributed by atoms with Crippen molar-refractivity contribution in [1.29, 1.82) is 0 Å². The third-order valence-corrected chi connectivity index (χ3v) is 4.57. The van der Waals surface area contributed by atoms with Crippen molar-refractivity contribution in [3.63, 3.8) is 0 Å². The zero-order chi connectivity index (χ0) is 17.6. The Morgan fingerprint density at radius 1 is 1.20 bits per heavy atom. The molecule has 0 unspecified atom stereocenters. The fraction of sp³-hybridized carbons (Fsp3) is 0.421. The summed E-state index contributed by atoms with van der Waals surface area (Å²) < 4.78 is 5.38. The first kappa shape index (κ1) is 17.2. The lowest BCUT2D eigenvalue weighted by atomic mass is 9.96. The number of ether oxygens (including phenoxy) is 1.